The third-order valence-corrected chi connectivity index (χ3v) is 3.09. The zero-order valence-electron chi connectivity index (χ0n) is 10.5. The summed E-state index contributed by atoms with van der Waals surface area (Å²) >= 11 is 0. The summed E-state index contributed by atoms with van der Waals surface area (Å²) in [6.07, 6.45) is 2.34. The summed E-state index contributed by atoms with van der Waals surface area (Å²) in [5.41, 5.74) is 11.9. The first-order chi connectivity index (χ1) is 9.13. The molecular formula is C12H17N3O4. The Morgan fingerprint density at radius 2 is 2.00 bits per heavy atom. The van der Waals surface area contributed by atoms with Gasteiger partial charge in [0.05, 0.1) is 16.6 Å². The Labute approximate surface area is 110 Å². The van der Waals surface area contributed by atoms with Gasteiger partial charge in [0.1, 0.15) is 0 Å². The van der Waals surface area contributed by atoms with Crippen LogP contribution in [0.1, 0.15) is 30.9 Å². The number of ether oxygens (including phenoxy) is 2. The fourth-order valence-corrected chi connectivity index (χ4v) is 2.07. The number of hydrogen-bond acceptors (Lipinski definition) is 6. The van der Waals surface area contributed by atoms with Crippen LogP contribution in [0.15, 0.2) is 12.1 Å². The molecule has 1 aliphatic rings. The summed E-state index contributed by atoms with van der Waals surface area (Å²) in [4.78, 5) is 10.6. The highest BCUT2D eigenvalue weighted by Gasteiger charge is 2.26. The van der Waals surface area contributed by atoms with E-state index in [2.05, 4.69) is 0 Å². The van der Waals surface area contributed by atoms with Crippen LogP contribution in [0.4, 0.5) is 5.69 Å². The maximum absolute atomic E-state index is 11.1. The van der Waals surface area contributed by atoms with Gasteiger partial charge in [-0.25, -0.2) is 0 Å². The van der Waals surface area contributed by atoms with E-state index in [4.69, 9.17) is 20.9 Å². The summed E-state index contributed by atoms with van der Waals surface area (Å²) in [5, 5.41) is 11.1. The highest BCUT2D eigenvalue weighted by Crippen LogP contribution is 2.40. The molecule has 0 spiro atoms. The van der Waals surface area contributed by atoms with Crippen molar-refractivity contribution in [2.24, 2.45) is 11.5 Å². The van der Waals surface area contributed by atoms with Crippen molar-refractivity contribution in [2.75, 3.05) is 13.3 Å². The Kier molecular flexibility index (Phi) is 4.18. The third kappa shape index (κ3) is 2.94. The van der Waals surface area contributed by atoms with Gasteiger partial charge in [-0.2, -0.15) is 0 Å². The summed E-state index contributed by atoms with van der Waals surface area (Å²) in [5.74, 6) is 0.902. The molecule has 7 nitrogen and oxygen atoms in total. The van der Waals surface area contributed by atoms with Crippen LogP contribution >= 0.6 is 0 Å². The average Bonchev–Trinajstić information content (AvgIpc) is 2.84. The Bertz CT molecular complexity index is 478. The quantitative estimate of drug-likeness (QED) is 0.458. The average molecular weight is 267 g/mol. The normalized spacial score (nSPS) is 14.4. The van der Waals surface area contributed by atoms with E-state index >= 15 is 0 Å². The van der Waals surface area contributed by atoms with Crippen molar-refractivity contribution in [1.29, 1.82) is 0 Å². The van der Waals surface area contributed by atoms with Gasteiger partial charge >= 0.3 is 0 Å². The smallest absolute Gasteiger partial charge is 0.278 e. The molecule has 0 bridgehead atoms. The highest BCUT2D eigenvalue weighted by molar-refractivity contribution is 5.56. The van der Waals surface area contributed by atoms with Crippen molar-refractivity contribution < 1.29 is 14.4 Å². The van der Waals surface area contributed by atoms with Crippen molar-refractivity contribution in [1.82, 2.24) is 0 Å². The number of benzene rings is 1. The minimum Gasteiger partial charge on any atom is -0.454 e. The molecule has 0 unspecified atom stereocenters. The number of nitro benzene ring substituents is 1. The minimum atomic E-state index is -0.444. The van der Waals surface area contributed by atoms with E-state index in [1.54, 1.807) is 6.07 Å². The SMILES string of the molecule is NCCCC[C@@H](N)c1cc2c(cc1[N+](=O)[O-])OCO2. The van der Waals surface area contributed by atoms with Gasteiger partial charge < -0.3 is 20.9 Å². The van der Waals surface area contributed by atoms with E-state index in [9.17, 15) is 10.1 Å². The lowest BCUT2D eigenvalue weighted by Crippen LogP contribution is -2.13. The second-order valence-electron chi connectivity index (χ2n) is 4.41. The Morgan fingerprint density at radius 3 is 2.63 bits per heavy atom. The molecule has 2 rings (SSSR count). The van der Waals surface area contributed by atoms with Crippen LogP contribution in [0.5, 0.6) is 11.5 Å². The number of fused-ring (bicyclic) bond motifs is 1. The lowest BCUT2D eigenvalue weighted by molar-refractivity contribution is -0.385. The van der Waals surface area contributed by atoms with Gasteiger partial charge in [-0.05, 0) is 25.5 Å². The van der Waals surface area contributed by atoms with Crippen LogP contribution < -0.4 is 20.9 Å². The molecule has 7 heteroatoms. The van der Waals surface area contributed by atoms with E-state index in [0.29, 0.717) is 30.0 Å². The van der Waals surface area contributed by atoms with Crippen molar-refractivity contribution in [3.8, 4) is 11.5 Å². The molecule has 0 saturated heterocycles. The van der Waals surface area contributed by atoms with Crippen molar-refractivity contribution in [3.05, 3.63) is 27.8 Å². The third-order valence-electron chi connectivity index (χ3n) is 3.09. The molecule has 19 heavy (non-hydrogen) atoms. The Hall–Kier alpha value is -1.86. The predicted octanol–water partition coefficient (Wildman–Crippen LogP) is 1.45. The van der Waals surface area contributed by atoms with Gasteiger partial charge in [0, 0.05) is 6.04 Å². The van der Waals surface area contributed by atoms with Crippen molar-refractivity contribution >= 4 is 5.69 Å². The molecule has 1 aliphatic heterocycles. The molecule has 0 aliphatic carbocycles. The lowest BCUT2D eigenvalue weighted by atomic mass is 9.99. The summed E-state index contributed by atoms with van der Waals surface area (Å²) in [6, 6.07) is 2.58. The van der Waals surface area contributed by atoms with Gasteiger partial charge in [-0.1, -0.05) is 6.42 Å². The number of nitrogens with two attached hydrogens (primary N) is 2. The minimum absolute atomic E-state index is 0.0236. The molecular weight excluding hydrogens is 250 g/mol. The second kappa shape index (κ2) is 5.85. The molecule has 0 saturated carbocycles. The molecule has 1 atom stereocenters. The van der Waals surface area contributed by atoms with E-state index < -0.39 is 11.0 Å². The number of hydrogen-bond donors (Lipinski definition) is 2. The predicted molar refractivity (Wildman–Crippen MR) is 69.1 cm³/mol. The van der Waals surface area contributed by atoms with Crippen LogP contribution in [-0.2, 0) is 0 Å². The first-order valence-electron chi connectivity index (χ1n) is 6.17. The van der Waals surface area contributed by atoms with Gasteiger partial charge in [-0.3, -0.25) is 10.1 Å². The van der Waals surface area contributed by atoms with Crippen LogP contribution in [0.3, 0.4) is 0 Å². The van der Waals surface area contributed by atoms with Crippen molar-refractivity contribution in [2.45, 2.75) is 25.3 Å². The van der Waals surface area contributed by atoms with E-state index in [1.807, 2.05) is 0 Å². The van der Waals surface area contributed by atoms with Gasteiger partial charge in [-0.15, -0.1) is 0 Å². The fraction of sp³-hybridized carbons (Fsp3) is 0.500. The van der Waals surface area contributed by atoms with Crippen molar-refractivity contribution in [3.63, 3.8) is 0 Å². The number of unbranched alkanes of at least 4 members (excludes halogenated alkanes) is 1. The van der Waals surface area contributed by atoms with Gasteiger partial charge in [0.25, 0.3) is 5.69 Å². The molecule has 1 aromatic rings. The monoisotopic (exact) mass is 267 g/mol. The van der Waals surface area contributed by atoms with Gasteiger partial charge in [0.15, 0.2) is 11.5 Å². The molecule has 1 heterocycles. The summed E-state index contributed by atoms with van der Waals surface area (Å²) in [6.45, 7) is 0.675. The number of nitrogens with zero attached hydrogens (tertiary/aromatic N) is 1. The van der Waals surface area contributed by atoms with Crippen LogP contribution in [0.2, 0.25) is 0 Å². The van der Waals surface area contributed by atoms with Crippen LogP contribution in [0.25, 0.3) is 0 Å². The first kappa shape index (κ1) is 13.6. The molecule has 0 radical (unpaired) electrons. The molecule has 104 valence electrons. The zero-order valence-corrected chi connectivity index (χ0v) is 10.5. The molecule has 0 amide bonds. The van der Waals surface area contributed by atoms with Crippen LogP contribution in [0, 0.1) is 10.1 Å². The topological polar surface area (TPSA) is 114 Å². The first-order valence-corrected chi connectivity index (χ1v) is 6.17. The Balaban J connectivity index is 2.24. The van der Waals surface area contributed by atoms with E-state index in [-0.39, 0.29) is 12.5 Å². The summed E-state index contributed by atoms with van der Waals surface area (Å²) < 4.78 is 10.4. The van der Waals surface area contributed by atoms with E-state index in [0.717, 1.165) is 12.8 Å². The van der Waals surface area contributed by atoms with Gasteiger partial charge in [0.2, 0.25) is 6.79 Å². The molecule has 0 aromatic heterocycles. The largest absolute Gasteiger partial charge is 0.454 e. The number of nitro groups is 1. The standard InChI is InChI=1S/C12H17N3O4/c13-4-2-1-3-9(14)8-5-11-12(19-7-18-11)6-10(8)15(16)17/h5-6,9H,1-4,7,13-14H2/t9-/m1/s1. The maximum atomic E-state index is 11.1. The zero-order chi connectivity index (χ0) is 13.8. The maximum Gasteiger partial charge on any atom is 0.278 e. The Morgan fingerprint density at radius 1 is 1.32 bits per heavy atom. The molecule has 1 aromatic carbocycles. The fourth-order valence-electron chi connectivity index (χ4n) is 2.07. The number of rotatable bonds is 6. The van der Waals surface area contributed by atoms with Crippen LogP contribution in [-0.4, -0.2) is 18.3 Å². The summed E-state index contributed by atoms with van der Waals surface area (Å²) in [7, 11) is 0. The second-order valence-corrected chi connectivity index (χ2v) is 4.41. The van der Waals surface area contributed by atoms with E-state index in [1.165, 1.54) is 6.07 Å². The molecule has 0 fully saturated rings. The highest BCUT2D eigenvalue weighted by atomic mass is 16.7. The lowest BCUT2D eigenvalue weighted by Gasteiger charge is -2.12. The molecule has 4 N–H and O–H groups in total.